The minimum Gasteiger partial charge on any atom is -0.480 e. The predicted octanol–water partition coefficient (Wildman–Crippen LogP) is 0.707. The molecule has 1 aromatic heterocycles. The summed E-state index contributed by atoms with van der Waals surface area (Å²) in [6, 6.07) is 0.0214. The highest BCUT2D eigenvalue weighted by Gasteiger charge is 2.23. The number of amides is 2. The summed E-state index contributed by atoms with van der Waals surface area (Å²) in [5.41, 5.74) is 0. The van der Waals surface area contributed by atoms with Crippen LogP contribution < -0.4 is 10.6 Å². The topological polar surface area (TPSA) is 104 Å². The molecule has 0 aliphatic heterocycles. The number of carbonyl (C=O) groups excluding carboxylic acids is 1. The van der Waals surface area contributed by atoms with Crippen molar-refractivity contribution in [2.75, 3.05) is 5.32 Å². The molecule has 2 amide bonds. The second-order valence-electron chi connectivity index (χ2n) is 3.73. The Hall–Kier alpha value is -2.18. The molecule has 0 aliphatic carbocycles. The molecule has 1 unspecified atom stereocenters. The van der Waals surface area contributed by atoms with Gasteiger partial charge >= 0.3 is 12.0 Å². The van der Waals surface area contributed by atoms with E-state index >= 15 is 0 Å². The highest BCUT2D eigenvalue weighted by Crippen LogP contribution is 2.02. The standard InChI is InChI=1S/C10H14N4O3/c1-6(2)7(8(15)16)13-10(17)14-9-11-4-3-5-12-9/h3-7H,1-2H3,(H,15,16)(H2,11,12,13,14,17). The molecule has 1 rings (SSSR count). The fourth-order valence-corrected chi connectivity index (χ4v) is 1.16. The maximum Gasteiger partial charge on any atom is 0.326 e. The molecular formula is C10H14N4O3. The smallest absolute Gasteiger partial charge is 0.326 e. The highest BCUT2D eigenvalue weighted by atomic mass is 16.4. The van der Waals surface area contributed by atoms with Crippen LogP contribution in [0.3, 0.4) is 0 Å². The van der Waals surface area contributed by atoms with Crippen molar-refractivity contribution in [2.45, 2.75) is 19.9 Å². The number of aliphatic carboxylic acids is 1. The molecule has 0 saturated carbocycles. The van der Waals surface area contributed by atoms with Gasteiger partial charge in [0.25, 0.3) is 0 Å². The van der Waals surface area contributed by atoms with Crippen LogP contribution >= 0.6 is 0 Å². The summed E-state index contributed by atoms with van der Waals surface area (Å²) in [5.74, 6) is -1.17. The second kappa shape index (κ2) is 5.78. The van der Waals surface area contributed by atoms with Crippen LogP contribution in [0.15, 0.2) is 18.5 Å². The third-order valence-electron chi connectivity index (χ3n) is 2.01. The van der Waals surface area contributed by atoms with Crippen molar-refractivity contribution in [3.05, 3.63) is 18.5 Å². The summed E-state index contributed by atoms with van der Waals surface area (Å²) in [6.45, 7) is 3.41. The lowest BCUT2D eigenvalue weighted by Crippen LogP contribution is -2.46. The Morgan fingerprint density at radius 3 is 2.35 bits per heavy atom. The van der Waals surface area contributed by atoms with E-state index in [0.717, 1.165) is 0 Å². The first-order valence-corrected chi connectivity index (χ1v) is 5.08. The fourth-order valence-electron chi connectivity index (χ4n) is 1.16. The first kappa shape index (κ1) is 12.9. The Morgan fingerprint density at radius 1 is 1.29 bits per heavy atom. The first-order valence-electron chi connectivity index (χ1n) is 5.08. The van der Waals surface area contributed by atoms with Crippen LogP contribution in [0.25, 0.3) is 0 Å². The lowest BCUT2D eigenvalue weighted by Gasteiger charge is -2.17. The largest absolute Gasteiger partial charge is 0.480 e. The number of rotatable bonds is 4. The van der Waals surface area contributed by atoms with Gasteiger partial charge in [-0.05, 0) is 12.0 Å². The zero-order chi connectivity index (χ0) is 12.8. The Labute approximate surface area is 98.3 Å². The Morgan fingerprint density at radius 2 is 1.88 bits per heavy atom. The van der Waals surface area contributed by atoms with Crippen LogP contribution in [0, 0.1) is 5.92 Å². The van der Waals surface area contributed by atoms with Crippen molar-refractivity contribution in [3.8, 4) is 0 Å². The maximum absolute atomic E-state index is 11.5. The van der Waals surface area contributed by atoms with Crippen LogP contribution in [0.5, 0.6) is 0 Å². The number of nitrogens with zero attached hydrogens (tertiary/aromatic N) is 2. The second-order valence-corrected chi connectivity index (χ2v) is 3.73. The molecule has 1 aromatic rings. The monoisotopic (exact) mass is 238 g/mol. The van der Waals surface area contributed by atoms with Crippen molar-refractivity contribution < 1.29 is 14.7 Å². The number of carboxylic acid groups (broad SMARTS) is 1. The third-order valence-corrected chi connectivity index (χ3v) is 2.01. The molecule has 0 saturated heterocycles. The summed E-state index contributed by atoms with van der Waals surface area (Å²) < 4.78 is 0. The number of nitrogens with one attached hydrogen (secondary N) is 2. The molecule has 7 nitrogen and oxygen atoms in total. The lowest BCUT2D eigenvalue weighted by atomic mass is 10.1. The predicted molar refractivity (Wildman–Crippen MR) is 60.4 cm³/mol. The van der Waals surface area contributed by atoms with E-state index in [-0.39, 0.29) is 11.9 Å². The molecule has 0 aromatic carbocycles. The van der Waals surface area contributed by atoms with E-state index in [1.54, 1.807) is 19.9 Å². The summed E-state index contributed by atoms with van der Waals surface area (Å²) in [7, 11) is 0. The first-order chi connectivity index (χ1) is 8.00. The van der Waals surface area contributed by atoms with E-state index in [4.69, 9.17) is 5.11 Å². The number of anilines is 1. The summed E-state index contributed by atoms with van der Waals surface area (Å²) in [5, 5.41) is 13.6. The van der Waals surface area contributed by atoms with Crippen molar-refractivity contribution in [3.63, 3.8) is 0 Å². The Balaban J connectivity index is 2.57. The van der Waals surface area contributed by atoms with E-state index in [1.165, 1.54) is 12.4 Å². The molecule has 0 radical (unpaired) electrons. The molecule has 0 aliphatic rings. The third kappa shape index (κ3) is 4.06. The van der Waals surface area contributed by atoms with Crippen LogP contribution in [0.4, 0.5) is 10.7 Å². The number of urea groups is 1. The van der Waals surface area contributed by atoms with Gasteiger partial charge in [-0.2, -0.15) is 0 Å². The van der Waals surface area contributed by atoms with Gasteiger partial charge in [-0.25, -0.2) is 19.6 Å². The molecule has 17 heavy (non-hydrogen) atoms. The van der Waals surface area contributed by atoms with E-state index in [9.17, 15) is 9.59 Å². The van der Waals surface area contributed by atoms with Crippen LogP contribution in [0.1, 0.15) is 13.8 Å². The Kier molecular flexibility index (Phi) is 4.38. The minimum absolute atomic E-state index is 0.123. The van der Waals surface area contributed by atoms with Crippen molar-refractivity contribution in [2.24, 2.45) is 5.92 Å². The van der Waals surface area contributed by atoms with Crippen molar-refractivity contribution in [1.82, 2.24) is 15.3 Å². The Bertz CT molecular complexity index is 394. The van der Waals surface area contributed by atoms with E-state index in [2.05, 4.69) is 20.6 Å². The van der Waals surface area contributed by atoms with Gasteiger partial charge in [-0.3, -0.25) is 5.32 Å². The number of hydrogen-bond donors (Lipinski definition) is 3. The van der Waals surface area contributed by atoms with Gasteiger partial charge in [0.05, 0.1) is 0 Å². The van der Waals surface area contributed by atoms with Crippen LogP contribution in [0.2, 0.25) is 0 Å². The molecular weight excluding hydrogens is 224 g/mol. The van der Waals surface area contributed by atoms with E-state index in [1.807, 2.05) is 0 Å². The fraction of sp³-hybridized carbons (Fsp3) is 0.400. The molecule has 0 spiro atoms. The average molecular weight is 238 g/mol. The maximum atomic E-state index is 11.5. The van der Waals surface area contributed by atoms with Crippen molar-refractivity contribution in [1.29, 1.82) is 0 Å². The molecule has 7 heteroatoms. The SMILES string of the molecule is CC(C)C(NC(=O)Nc1ncccn1)C(=O)O. The quantitative estimate of drug-likeness (QED) is 0.716. The number of hydrogen-bond acceptors (Lipinski definition) is 4. The van der Waals surface area contributed by atoms with Gasteiger partial charge in [0.1, 0.15) is 6.04 Å². The van der Waals surface area contributed by atoms with E-state index in [0.29, 0.717) is 0 Å². The normalized spacial score (nSPS) is 11.9. The number of carbonyl (C=O) groups is 2. The highest BCUT2D eigenvalue weighted by molar-refractivity contribution is 5.90. The molecule has 3 N–H and O–H groups in total. The summed E-state index contributed by atoms with van der Waals surface area (Å²) in [6.07, 6.45) is 2.94. The van der Waals surface area contributed by atoms with Gasteiger partial charge in [-0.1, -0.05) is 13.8 Å². The molecule has 0 fully saturated rings. The van der Waals surface area contributed by atoms with Gasteiger partial charge in [0.2, 0.25) is 5.95 Å². The van der Waals surface area contributed by atoms with Crippen molar-refractivity contribution >= 4 is 17.9 Å². The summed E-state index contributed by atoms with van der Waals surface area (Å²) >= 11 is 0. The summed E-state index contributed by atoms with van der Waals surface area (Å²) in [4.78, 5) is 29.9. The minimum atomic E-state index is -1.08. The molecule has 1 heterocycles. The van der Waals surface area contributed by atoms with Crippen LogP contribution in [-0.4, -0.2) is 33.1 Å². The van der Waals surface area contributed by atoms with Gasteiger partial charge in [0, 0.05) is 12.4 Å². The average Bonchev–Trinajstić information content (AvgIpc) is 2.26. The zero-order valence-corrected chi connectivity index (χ0v) is 9.54. The molecule has 0 bridgehead atoms. The van der Waals surface area contributed by atoms with Gasteiger partial charge < -0.3 is 10.4 Å². The van der Waals surface area contributed by atoms with E-state index < -0.39 is 18.0 Å². The number of carboxylic acids is 1. The van der Waals surface area contributed by atoms with Gasteiger partial charge in [-0.15, -0.1) is 0 Å². The molecule has 1 atom stereocenters. The van der Waals surface area contributed by atoms with Gasteiger partial charge in [0.15, 0.2) is 0 Å². The lowest BCUT2D eigenvalue weighted by molar-refractivity contribution is -0.140. The number of aromatic nitrogens is 2. The zero-order valence-electron chi connectivity index (χ0n) is 9.54. The molecule has 92 valence electrons. The van der Waals surface area contributed by atoms with Crippen LogP contribution in [-0.2, 0) is 4.79 Å².